The maximum absolute atomic E-state index is 12.8. The topological polar surface area (TPSA) is 55.2 Å². The van der Waals surface area contributed by atoms with Gasteiger partial charge in [-0.25, -0.2) is 4.79 Å². The lowest BCUT2D eigenvalue weighted by molar-refractivity contribution is 0.221. The van der Waals surface area contributed by atoms with Gasteiger partial charge in [0.25, 0.3) is 0 Å². The summed E-state index contributed by atoms with van der Waals surface area (Å²) in [6, 6.07) is 23.9. The van der Waals surface area contributed by atoms with Crippen molar-refractivity contribution in [3.63, 3.8) is 0 Å². The van der Waals surface area contributed by atoms with Crippen molar-refractivity contribution in [2.75, 3.05) is 51.3 Å². The molecule has 1 saturated heterocycles. The van der Waals surface area contributed by atoms with Crippen LogP contribution in [-0.2, 0) is 0 Å². The largest absolute Gasteiger partial charge is 0.493 e. The smallest absolute Gasteiger partial charge is 0.344 e. The molecule has 0 N–H and O–H groups in total. The SMILES string of the molecule is COc1cc2oc(=O)c(-c3ccccc3)c(C)c2cc1OCCCN1CCN(c2ccccc2)CC1. The highest BCUT2D eigenvalue weighted by atomic mass is 16.5. The summed E-state index contributed by atoms with van der Waals surface area (Å²) in [5, 5.41) is 0.848. The average molecular weight is 485 g/mol. The lowest BCUT2D eigenvalue weighted by Gasteiger charge is -2.36. The van der Waals surface area contributed by atoms with Gasteiger partial charge in [0.05, 0.1) is 19.3 Å². The van der Waals surface area contributed by atoms with Gasteiger partial charge in [-0.15, -0.1) is 0 Å². The number of para-hydroxylation sites is 1. The van der Waals surface area contributed by atoms with Crippen LogP contribution in [0.3, 0.4) is 0 Å². The highest BCUT2D eigenvalue weighted by Gasteiger charge is 2.18. The van der Waals surface area contributed by atoms with E-state index in [-0.39, 0.29) is 5.63 Å². The van der Waals surface area contributed by atoms with E-state index < -0.39 is 0 Å². The zero-order chi connectivity index (χ0) is 24.9. The molecule has 5 rings (SSSR count). The van der Waals surface area contributed by atoms with E-state index in [1.807, 2.05) is 43.3 Å². The molecule has 1 aliphatic rings. The standard InChI is InChI=1S/C30H32N2O4/c1-22-25-20-28(27(34-2)21-26(25)36-30(33)29(22)23-10-5-3-6-11-23)35-19-9-14-31-15-17-32(18-16-31)24-12-7-4-8-13-24/h3-8,10-13,20-21H,9,14-19H2,1-2H3. The third kappa shape index (κ3) is 5.09. The lowest BCUT2D eigenvalue weighted by Crippen LogP contribution is -2.46. The van der Waals surface area contributed by atoms with Gasteiger partial charge in [-0.2, -0.15) is 0 Å². The second kappa shape index (κ2) is 10.9. The van der Waals surface area contributed by atoms with Gasteiger partial charge in [-0.3, -0.25) is 4.90 Å². The Morgan fingerprint density at radius 1 is 0.889 bits per heavy atom. The molecule has 36 heavy (non-hydrogen) atoms. The van der Waals surface area contributed by atoms with Crippen LogP contribution < -0.4 is 20.0 Å². The molecule has 186 valence electrons. The van der Waals surface area contributed by atoms with Gasteiger partial charge in [0, 0.05) is 49.9 Å². The van der Waals surface area contributed by atoms with Crippen LogP contribution in [0.15, 0.2) is 82.0 Å². The number of aryl methyl sites for hydroxylation is 1. The van der Waals surface area contributed by atoms with Crippen LogP contribution >= 0.6 is 0 Å². The van der Waals surface area contributed by atoms with Gasteiger partial charge in [0.15, 0.2) is 11.5 Å². The summed E-state index contributed by atoms with van der Waals surface area (Å²) < 4.78 is 17.4. The van der Waals surface area contributed by atoms with Crippen molar-refractivity contribution >= 4 is 16.7 Å². The third-order valence-electron chi connectivity index (χ3n) is 6.88. The number of fused-ring (bicyclic) bond motifs is 1. The first-order valence-electron chi connectivity index (χ1n) is 12.5. The molecule has 2 heterocycles. The Morgan fingerprint density at radius 2 is 1.58 bits per heavy atom. The highest BCUT2D eigenvalue weighted by Crippen LogP contribution is 2.35. The molecule has 0 atom stereocenters. The maximum Gasteiger partial charge on any atom is 0.344 e. The molecule has 3 aromatic carbocycles. The van der Waals surface area contributed by atoms with Crippen molar-refractivity contribution in [1.29, 1.82) is 0 Å². The Bertz CT molecular complexity index is 1360. The molecule has 0 aliphatic carbocycles. The Kier molecular flexibility index (Phi) is 7.23. The number of ether oxygens (including phenoxy) is 2. The van der Waals surface area contributed by atoms with Gasteiger partial charge < -0.3 is 18.8 Å². The van der Waals surface area contributed by atoms with Crippen molar-refractivity contribution in [1.82, 2.24) is 4.90 Å². The monoisotopic (exact) mass is 484 g/mol. The molecule has 1 aromatic heterocycles. The van der Waals surface area contributed by atoms with Crippen LogP contribution in [0.1, 0.15) is 12.0 Å². The van der Waals surface area contributed by atoms with Crippen LogP contribution in [0.25, 0.3) is 22.1 Å². The molecular weight excluding hydrogens is 452 g/mol. The van der Waals surface area contributed by atoms with Gasteiger partial charge in [-0.1, -0.05) is 48.5 Å². The summed E-state index contributed by atoms with van der Waals surface area (Å²) in [6.07, 6.45) is 0.921. The van der Waals surface area contributed by atoms with Gasteiger partial charge in [-0.05, 0) is 42.7 Å². The van der Waals surface area contributed by atoms with E-state index in [1.165, 1.54) is 5.69 Å². The van der Waals surface area contributed by atoms with E-state index in [1.54, 1.807) is 13.2 Å². The predicted octanol–water partition coefficient (Wildman–Crippen LogP) is 5.37. The lowest BCUT2D eigenvalue weighted by atomic mass is 9.99. The quantitative estimate of drug-likeness (QED) is 0.248. The molecule has 6 nitrogen and oxygen atoms in total. The molecule has 1 aliphatic heterocycles. The maximum atomic E-state index is 12.8. The first kappa shape index (κ1) is 23.9. The number of piperazine rings is 1. The summed E-state index contributed by atoms with van der Waals surface area (Å²) in [7, 11) is 1.60. The molecule has 1 fully saturated rings. The number of rotatable bonds is 8. The first-order valence-corrected chi connectivity index (χ1v) is 12.5. The fourth-order valence-electron chi connectivity index (χ4n) is 4.91. The fraction of sp³-hybridized carbons (Fsp3) is 0.300. The molecule has 0 spiro atoms. The van der Waals surface area contributed by atoms with E-state index in [0.717, 1.165) is 55.7 Å². The Labute approximate surface area is 211 Å². The Morgan fingerprint density at radius 3 is 2.28 bits per heavy atom. The second-order valence-electron chi connectivity index (χ2n) is 9.12. The number of methoxy groups -OCH3 is 1. The third-order valence-corrected chi connectivity index (χ3v) is 6.88. The minimum atomic E-state index is -0.353. The van der Waals surface area contributed by atoms with E-state index in [9.17, 15) is 4.79 Å². The summed E-state index contributed by atoms with van der Waals surface area (Å²) in [6.45, 7) is 7.71. The molecule has 0 bridgehead atoms. The van der Waals surface area contributed by atoms with E-state index >= 15 is 0 Å². The van der Waals surface area contributed by atoms with Crippen molar-refractivity contribution in [3.8, 4) is 22.6 Å². The van der Waals surface area contributed by atoms with Crippen molar-refractivity contribution < 1.29 is 13.9 Å². The van der Waals surface area contributed by atoms with Gasteiger partial charge in [0.1, 0.15) is 5.58 Å². The first-order chi connectivity index (χ1) is 17.6. The summed E-state index contributed by atoms with van der Waals surface area (Å²) in [5.74, 6) is 1.23. The average Bonchev–Trinajstić information content (AvgIpc) is 2.92. The number of benzene rings is 3. The zero-order valence-electron chi connectivity index (χ0n) is 20.9. The summed E-state index contributed by atoms with van der Waals surface area (Å²) >= 11 is 0. The molecule has 0 amide bonds. The number of hydrogen-bond acceptors (Lipinski definition) is 6. The van der Waals surface area contributed by atoms with E-state index in [4.69, 9.17) is 13.9 Å². The van der Waals surface area contributed by atoms with Crippen LogP contribution in [0.4, 0.5) is 5.69 Å². The zero-order valence-corrected chi connectivity index (χ0v) is 20.9. The van der Waals surface area contributed by atoms with Crippen molar-refractivity contribution in [2.45, 2.75) is 13.3 Å². The summed E-state index contributed by atoms with van der Waals surface area (Å²) in [4.78, 5) is 17.7. The molecule has 0 radical (unpaired) electrons. The van der Waals surface area contributed by atoms with Crippen LogP contribution in [0, 0.1) is 6.92 Å². The Hall–Kier alpha value is -3.77. The van der Waals surface area contributed by atoms with Crippen molar-refractivity contribution in [2.24, 2.45) is 0 Å². The number of hydrogen-bond donors (Lipinski definition) is 0. The molecule has 0 unspecified atom stereocenters. The number of anilines is 1. The van der Waals surface area contributed by atoms with Crippen LogP contribution in [0.5, 0.6) is 11.5 Å². The van der Waals surface area contributed by atoms with Crippen LogP contribution in [0.2, 0.25) is 0 Å². The molecule has 0 saturated carbocycles. The second-order valence-corrected chi connectivity index (χ2v) is 9.12. The van der Waals surface area contributed by atoms with Gasteiger partial charge in [0.2, 0.25) is 0 Å². The minimum Gasteiger partial charge on any atom is -0.493 e. The Balaban J connectivity index is 1.24. The predicted molar refractivity (Wildman–Crippen MR) is 144 cm³/mol. The van der Waals surface area contributed by atoms with E-state index in [2.05, 4.69) is 40.1 Å². The normalized spacial score (nSPS) is 14.2. The van der Waals surface area contributed by atoms with E-state index in [0.29, 0.717) is 29.3 Å². The minimum absolute atomic E-state index is 0.353. The van der Waals surface area contributed by atoms with Gasteiger partial charge >= 0.3 is 5.63 Å². The highest BCUT2D eigenvalue weighted by molar-refractivity contribution is 5.89. The van der Waals surface area contributed by atoms with Crippen molar-refractivity contribution in [3.05, 3.63) is 88.8 Å². The fourth-order valence-corrected chi connectivity index (χ4v) is 4.91. The number of nitrogens with zero attached hydrogens (tertiary/aromatic N) is 2. The molecule has 6 heteroatoms. The summed E-state index contributed by atoms with van der Waals surface area (Å²) in [5.41, 5.74) is 3.73. The molecule has 4 aromatic rings. The molecular formula is C30H32N2O4. The van der Waals surface area contributed by atoms with Crippen LogP contribution in [-0.4, -0.2) is 51.3 Å².